The molecular weight excluding hydrogens is 351 g/mol. The van der Waals surface area contributed by atoms with E-state index >= 15 is 0 Å². The van der Waals surface area contributed by atoms with E-state index < -0.39 is 6.04 Å². The van der Waals surface area contributed by atoms with E-state index in [4.69, 9.17) is 4.52 Å². The number of fused-ring (bicyclic) bond motifs is 1. The summed E-state index contributed by atoms with van der Waals surface area (Å²) in [4.78, 5) is 16.9. The molecule has 0 saturated heterocycles. The number of pyridine rings is 1. The lowest BCUT2D eigenvalue weighted by molar-refractivity contribution is 0.246. The summed E-state index contributed by atoms with van der Waals surface area (Å²) in [5.74, 6) is 0.882. The molecule has 0 bridgehead atoms. The van der Waals surface area contributed by atoms with E-state index in [-0.39, 0.29) is 18.3 Å². The van der Waals surface area contributed by atoms with Gasteiger partial charge in [-0.25, -0.2) is 19.3 Å². The van der Waals surface area contributed by atoms with Gasteiger partial charge >= 0.3 is 0 Å². The van der Waals surface area contributed by atoms with Crippen molar-refractivity contribution in [2.45, 2.75) is 13.0 Å². The van der Waals surface area contributed by atoms with Gasteiger partial charge in [-0.1, -0.05) is 17.3 Å². The van der Waals surface area contributed by atoms with Crippen LogP contribution >= 0.6 is 0 Å². The molecule has 0 amide bonds. The Balaban J connectivity index is 1.73. The van der Waals surface area contributed by atoms with Gasteiger partial charge in [0.1, 0.15) is 24.0 Å². The zero-order valence-corrected chi connectivity index (χ0v) is 14.3. The molecule has 3 aromatic heterocycles. The van der Waals surface area contributed by atoms with Crippen molar-refractivity contribution in [1.82, 2.24) is 25.1 Å². The Kier molecular flexibility index (Phi) is 4.43. The maximum atomic E-state index is 13.2. The molecule has 0 aliphatic rings. The topological polar surface area (TPSA) is 110 Å². The minimum absolute atomic E-state index is 0.254. The summed E-state index contributed by atoms with van der Waals surface area (Å²) in [5.41, 5.74) is 2.08. The average molecular weight is 366 g/mol. The number of nitrogens with zero attached hydrogens (tertiary/aromatic N) is 5. The third kappa shape index (κ3) is 3.44. The highest BCUT2D eigenvalue weighted by molar-refractivity contribution is 5.89. The minimum atomic E-state index is -0.626. The fraction of sp³-hybridized carbons (Fsp3) is 0.167. The number of aliphatic hydroxyl groups is 1. The first kappa shape index (κ1) is 17.0. The van der Waals surface area contributed by atoms with Gasteiger partial charge in [-0.15, -0.1) is 0 Å². The first-order chi connectivity index (χ1) is 13.1. The van der Waals surface area contributed by atoms with Crippen LogP contribution in [0.25, 0.3) is 22.2 Å². The predicted octanol–water partition coefficient (Wildman–Crippen LogP) is 2.67. The second-order valence-corrected chi connectivity index (χ2v) is 5.88. The number of anilines is 1. The van der Waals surface area contributed by atoms with Crippen molar-refractivity contribution in [3.8, 4) is 11.1 Å². The lowest BCUT2D eigenvalue weighted by Gasteiger charge is -2.14. The maximum absolute atomic E-state index is 13.2. The summed E-state index contributed by atoms with van der Waals surface area (Å²) in [5, 5.41) is 17.2. The molecular formula is C18H15FN6O2. The standard InChI is InChI=1S/C18H15FN6O2/c1-10-23-18(27-25-10)15(8-26)24-17-14-6-12(7-20-16(14)21-9-22-17)11-2-4-13(19)5-3-11/h2-7,9,15,26H,8H2,1H3,(H,20,21,22,24). The van der Waals surface area contributed by atoms with E-state index in [1.165, 1.54) is 18.5 Å². The lowest BCUT2D eigenvalue weighted by atomic mass is 10.1. The summed E-state index contributed by atoms with van der Waals surface area (Å²) in [7, 11) is 0. The van der Waals surface area contributed by atoms with Crippen LogP contribution in [-0.4, -0.2) is 36.8 Å². The fourth-order valence-electron chi connectivity index (χ4n) is 2.67. The van der Waals surface area contributed by atoms with Crippen LogP contribution in [0.2, 0.25) is 0 Å². The summed E-state index contributed by atoms with van der Waals surface area (Å²) < 4.78 is 18.3. The minimum Gasteiger partial charge on any atom is -0.394 e. The van der Waals surface area contributed by atoms with Crippen molar-refractivity contribution < 1.29 is 14.0 Å². The number of rotatable bonds is 5. The second kappa shape index (κ2) is 7.04. The lowest BCUT2D eigenvalue weighted by Crippen LogP contribution is -2.16. The Morgan fingerprint density at radius 1 is 1.15 bits per heavy atom. The Labute approximate surface area is 153 Å². The van der Waals surface area contributed by atoms with E-state index in [2.05, 4.69) is 30.4 Å². The molecule has 0 aliphatic carbocycles. The van der Waals surface area contributed by atoms with Gasteiger partial charge in [0.2, 0.25) is 0 Å². The molecule has 0 spiro atoms. The van der Waals surface area contributed by atoms with Crippen molar-refractivity contribution in [2.75, 3.05) is 11.9 Å². The molecule has 0 aliphatic heterocycles. The molecule has 0 radical (unpaired) electrons. The molecule has 9 heteroatoms. The molecule has 0 fully saturated rings. The van der Waals surface area contributed by atoms with Crippen LogP contribution in [0, 0.1) is 12.7 Å². The fourth-order valence-corrected chi connectivity index (χ4v) is 2.67. The molecule has 0 saturated carbocycles. The first-order valence-corrected chi connectivity index (χ1v) is 8.18. The van der Waals surface area contributed by atoms with Crippen molar-refractivity contribution in [3.05, 3.63) is 60.4 Å². The Bertz CT molecular complexity index is 1080. The van der Waals surface area contributed by atoms with E-state index in [1.54, 1.807) is 25.3 Å². The maximum Gasteiger partial charge on any atom is 0.251 e. The Hall–Kier alpha value is -3.46. The van der Waals surface area contributed by atoms with Gasteiger partial charge in [0, 0.05) is 11.8 Å². The van der Waals surface area contributed by atoms with E-state index in [1.807, 2.05) is 6.07 Å². The first-order valence-electron chi connectivity index (χ1n) is 8.18. The largest absolute Gasteiger partial charge is 0.394 e. The Morgan fingerprint density at radius 3 is 2.67 bits per heavy atom. The van der Waals surface area contributed by atoms with Gasteiger partial charge in [0.15, 0.2) is 11.5 Å². The van der Waals surface area contributed by atoms with Crippen molar-refractivity contribution in [1.29, 1.82) is 0 Å². The molecule has 136 valence electrons. The van der Waals surface area contributed by atoms with Crippen LogP contribution in [0.1, 0.15) is 17.8 Å². The van der Waals surface area contributed by atoms with Crippen LogP contribution in [0.4, 0.5) is 10.2 Å². The van der Waals surface area contributed by atoms with Crippen LogP contribution in [0.15, 0.2) is 47.4 Å². The number of nitrogens with one attached hydrogen (secondary N) is 1. The molecule has 2 N–H and O–H groups in total. The summed E-state index contributed by atoms with van der Waals surface area (Å²) >= 11 is 0. The average Bonchev–Trinajstić information content (AvgIpc) is 3.12. The Morgan fingerprint density at radius 2 is 1.96 bits per heavy atom. The zero-order valence-electron chi connectivity index (χ0n) is 14.3. The van der Waals surface area contributed by atoms with Crippen LogP contribution in [0.5, 0.6) is 0 Å². The van der Waals surface area contributed by atoms with Crippen molar-refractivity contribution in [3.63, 3.8) is 0 Å². The quantitative estimate of drug-likeness (QED) is 0.555. The number of hydrogen-bond acceptors (Lipinski definition) is 8. The highest BCUT2D eigenvalue weighted by Crippen LogP contribution is 2.27. The molecule has 4 rings (SSSR count). The highest BCUT2D eigenvalue weighted by Gasteiger charge is 2.19. The summed E-state index contributed by atoms with van der Waals surface area (Å²) in [6.07, 6.45) is 3.04. The predicted molar refractivity (Wildman–Crippen MR) is 95.2 cm³/mol. The number of aromatic nitrogens is 5. The van der Waals surface area contributed by atoms with Crippen LogP contribution in [0.3, 0.4) is 0 Å². The third-order valence-corrected chi connectivity index (χ3v) is 4.00. The van der Waals surface area contributed by atoms with Gasteiger partial charge in [-0.2, -0.15) is 4.98 Å². The number of aliphatic hydroxyl groups excluding tert-OH is 1. The molecule has 4 aromatic rings. The molecule has 1 atom stereocenters. The van der Waals surface area contributed by atoms with Crippen LogP contribution in [-0.2, 0) is 0 Å². The SMILES string of the molecule is Cc1noc(C(CO)Nc2ncnc3ncc(-c4ccc(F)cc4)cc23)n1. The molecule has 27 heavy (non-hydrogen) atoms. The number of benzene rings is 1. The van der Waals surface area contributed by atoms with Gasteiger partial charge in [0.25, 0.3) is 5.89 Å². The smallest absolute Gasteiger partial charge is 0.251 e. The second-order valence-electron chi connectivity index (χ2n) is 5.88. The van der Waals surface area contributed by atoms with Gasteiger partial charge in [-0.3, -0.25) is 0 Å². The molecule has 8 nitrogen and oxygen atoms in total. The highest BCUT2D eigenvalue weighted by atomic mass is 19.1. The van der Waals surface area contributed by atoms with Gasteiger partial charge < -0.3 is 14.9 Å². The number of halogens is 1. The van der Waals surface area contributed by atoms with Gasteiger partial charge in [-0.05, 0) is 30.7 Å². The zero-order chi connectivity index (χ0) is 18.8. The molecule has 1 unspecified atom stereocenters. The molecule has 1 aromatic carbocycles. The summed E-state index contributed by atoms with van der Waals surface area (Å²) in [6, 6.07) is 7.35. The van der Waals surface area contributed by atoms with Crippen molar-refractivity contribution in [2.24, 2.45) is 0 Å². The number of aryl methyl sites for hydroxylation is 1. The van der Waals surface area contributed by atoms with E-state index in [9.17, 15) is 9.50 Å². The monoisotopic (exact) mass is 366 g/mol. The van der Waals surface area contributed by atoms with E-state index in [0.717, 1.165) is 11.1 Å². The van der Waals surface area contributed by atoms with Crippen LogP contribution < -0.4 is 5.32 Å². The van der Waals surface area contributed by atoms with Gasteiger partial charge in [0.05, 0.1) is 12.0 Å². The summed E-state index contributed by atoms with van der Waals surface area (Å²) in [6.45, 7) is 1.43. The molecule has 3 heterocycles. The third-order valence-electron chi connectivity index (χ3n) is 4.00. The van der Waals surface area contributed by atoms with E-state index in [0.29, 0.717) is 22.7 Å². The normalized spacial score (nSPS) is 12.3. The number of hydrogen-bond donors (Lipinski definition) is 2. The van der Waals surface area contributed by atoms with Crippen molar-refractivity contribution >= 4 is 16.9 Å².